The Labute approximate surface area is 64.1 Å². The van der Waals surface area contributed by atoms with Crippen LogP contribution in [0.4, 0.5) is 0 Å². The topological polar surface area (TPSA) is 33.1 Å². The third kappa shape index (κ3) is 4.27. The Morgan fingerprint density at radius 2 is 2.22 bits per heavy atom. The molecule has 0 aliphatic heterocycles. The number of thiol groups is 1. The van der Waals surface area contributed by atoms with Crippen LogP contribution in [0.3, 0.4) is 0 Å². The van der Waals surface area contributed by atoms with Crippen molar-refractivity contribution in [3.05, 3.63) is 29.5 Å². The van der Waals surface area contributed by atoms with E-state index < -0.39 is 0 Å². The van der Waals surface area contributed by atoms with Gasteiger partial charge in [0.1, 0.15) is 0 Å². The lowest BCUT2D eigenvalue weighted by Gasteiger charge is -1.79. The van der Waals surface area contributed by atoms with Gasteiger partial charge in [0.05, 0.1) is 5.02 Å². The van der Waals surface area contributed by atoms with Gasteiger partial charge in [-0.15, -0.1) is 0 Å². The van der Waals surface area contributed by atoms with Gasteiger partial charge in [0.15, 0.2) is 0 Å². The minimum absolute atomic E-state index is 0.683. The fraction of sp³-hybridized carbons (Fsp3) is 0. The number of aromatic nitrogens is 1. The first-order chi connectivity index (χ1) is 4.39. The molecule has 0 bridgehead atoms. The van der Waals surface area contributed by atoms with Crippen molar-refractivity contribution >= 4 is 24.5 Å². The van der Waals surface area contributed by atoms with E-state index in [-0.39, 0.29) is 0 Å². The Hall–Kier alpha value is -0.250. The maximum Gasteiger partial charge on any atom is 0.0589 e. The van der Waals surface area contributed by atoms with Crippen LogP contribution in [-0.2, 0) is 0 Å². The molecule has 0 fully saturated rings. The molecule has 2 nitrogen and oxygen atoms in total. The van der Waals surface area contributed by atoms with Gasteiger partial charge in [0.2, 0.25) is 0 Å². The third-order valence-corrected chi connectivity index (χ3v) is 0.849. The van der Waals surface area contributed by atoms with Gasteiger partial charge in [-0.1, -0.05) is 11.6 Å². The molecular formula is C5H6ClNOS. The largest absolute Gasteiger partial charge is 0.333 e. The van der Waals surface area contributed by atoms with Crippen molar-refractivity contribution in [1.82, 2.24) is 4.98 Å². The summed E-state index contributed by atoms with van der Waals surface area (Å²) in [5, 5.41) is 0.683. The molecule has 0 amide bonds. The monoisotopic (exact) mass is 163 g/mol. The van der Waals surface area contributed by atoms with E-state index in [9.17, 15) is 0 Å². The predicted molar refractivity (Wildman–Crippen MR) is 40.9 cm³/mol. The number of hydrogen-bond donors (Lipinski definition) is 2. The van der Waals surface area contributed by atoms with Crippen molar-refractivity contribution in [2.24, 2.45) is 0 Å². The molecule has 0 spiro atoms. The molecule has 1 rings (SSSR count). The zero-order chi connectivity index (χ0) is 7.11. The molecular weight excluding hydrogens is 158 g/mol. The Morgan fingerprint density at radius 3 is 2.44 bits per heavy atom. The average Bonchev–Trinajstić information content (AvgIpc) is 1.94. The second-order valence-electron chi connectivity index (χ2n) is 1.17. The summed E-state index contributed by atoms with van der Waals surface area (Å²) in [4.78, 5) is 3.75. The Balaban J connectivity index is 0.000000291. The Kier molecular flexibility index (Phi) is 5.72. The highest BCUT2D eigenvalue weighted by Crippen LogP contribution is 2.00. The third-order valence-electron chi connectivity index (χ3n) is 0.625. The van der Waals surface area contributed by atoms with Crippen molar-refractivity contribution in [1.29, 1.82) is 0 Å². The Morgan fingerprint density at radius 1 is 1.56 bits per heavy atom. The number of rotatable bonds is 0. The van der Waals surface area contributed by atoms with E-state index in [1.807, 2.05) is 0 Å². The van der Waals surface area contributed by atoms with E-state index in [1.54, 1.807) is 24.5 Å². The molecule has 0 saturated carbocycles. The standard InChI is InChI=1S/C5H4ClN.H2OS/c6-5-2-1-3-7-4-5;1-2/h1-4H;1-2H. The highest BCUT2D eigenvalue weighted by atomic mass is 35.5. The van der Waals surface area contributed by atoms with E-state index in [2.05, 4.69) is 17.9 Å². The van der Waals surface area contributed by atoms with Gasteiger partial charge in [-0.3, -0.25) is 4.98 Å². The first-order valence-corrected chi connectivity index (χ1v) is 2.93. The smallest absolute Gasteiger partial charge is 0.0589 e. The fourth-order valence-electron chi connectivity index (χ4n) is 0.342. The molecule has 0 aromatic carbocycles. The zero-order valence-corrected chi connectivity index (χ0v) is 6.18. The summed E-state index contributed by atoms with van der Waals surface area (Å²) in [6.07, 6.45) is 3.29. The van der Waals surface area contributed by atoms with Crippen LogP contribution in [0.25, 0.3) is 0 Å². The zero-order valence-electron chi connectivity index (χ0n) is 4.53. The van der Waals surface area contributed by atoms with Crippen molar-refractivity contribution < 1.29 is 4.55 Å². The molecule has 4 heteroatoms. The molecule has 50 valence electrons. The molecule has 0 saturated heterocycles. The van der Waals surface area contributed by atoms with Gasteiger partial charge in [-0.25, -0.2) is 0 Å². The lowest BCUT2D eigenvalue weighted by atomic mass is 10.5. The second kappa shape index (κ2) is 5.88. The van der Waals surface area contributed by atoms with Gasteiger partial charge in [-0.05, 0) is 25.0 Å². The van der Waals surface area contributed by atoms with Gasteiger partial charge in [0, 0.05) is 12.4 Å². The number of pyridine rings is 1. The van der Waals surface area contributed by atoms with Crippen LogP contribution in [0.2, 0.25) is 5.02 Å². The molecule has 0 aliphatic carbocycles. The lowest BCUT2D eigenvalue weighted by molar-refractivity contribution is 0.679. The maximum absolute atomic E-state index is 6.69. The molecule has 0 atom stereocenters. The average molecular weight is 164 g/mol. The second-order valence-corrected chi connectivity index (χ2v) is 1.61. The van der Waals surface area contributed by atoms with E-state index in [0.29, 0.717) is 5.02 Å². The van der Waals surface area contributed by atoms with Crippen molar-refractivity contribution in [3.63, 3.8) is 0 Å². The number of hydrogen-bond acceptors (Lipinski definition) is 3. The highest BCUT2D eigenvalue weighted by Gasteiger charge is 1.76. The van der Waals surface area contributed by atoms with Crippen molar-refractivity contribution in [3.8, 4) is 0 Å². The highest BCUT2D eigenvalue weighted by molar-refractivity contribution is 7.74. The first kappa shape index (κ1) is 8.75. The van der Waals surface area contributed by atoms with Crippen molar-refractivity contribution in [2.75, 3.05) is 0 Å². The molecule has 1 heterocycles. The van der Waals surface area contributed by atoms with E-state index >= 15 is 0 Å². The van der Waals surface area contributed by atoms with Gasteiger partial charge < -0.3 is 4.55 Å². The van der Waals surface area contributed by atoms with Crippen LogP contribution < -0.4 is 0 Å². The summed E-state index contributed by atoms with van der Waals surface area (Å²) in [5.41, 5.74) is 0. The Bertz CT molecular complexity index is 147. The van der Waals surface area contributed by atoms with E-state index in [1.165, 1.54) is 0 Å². The van der Waals surface area contributed by atoms with Gasteiger partial charge in [-0.2, -0.15) is 0 Å². The minimum atomic E-state index is 0.683. The molecule has 0 aliphatic rings. The minimum Gasteiger partial charge on any atom is -0.333 e. The summed E-state index contributed by atoms with van der Waals surface area (Å²) in [5.74, 6) is 0. The quantitative estimate of drug-likeness (QED) is 0.454. The van der Waals surface area contributed by atoms with E-state index in [0.717, 1.165) is 0 Å². The maximum atomic E-state index is 6.69. The molecule has 1 aromatic rings. The molecule has 0 radical (unpaired) electrons. The summed E-state index contributed by atoms with van der Waals surface area (Å²) in [6, 6.07) is 3.58. The lowest BCUT2D eigenvalue weighted by Crippen LogP contribution is -1.64. The molecule has 0 unspecified atom stereocenters. The van der Waals surface area contributed by atoms with Crippen LogP contribution in [0, 0.1) is 0 Å². The van der Waals surface area contributed by atoms with Crippen LogP contribution in [0.5, 0.6) is 0 Å². The summed E-state index contributed by atoms with van der Waals surface area (Å²) in [7, 11) is 0. The van der Waals surface area contributed by atoms with Gasteiger partial charge in [0.25, 0.3) is 0 Å². The van der Waals surface area contributed by atoms with Crippen LogP contribution in [-0.4, -0.2) is 9.54 Å². The fourth-order valence-corrected chi connectivity index (χ4v) is 0.471. The van der Waals surface area contributed by atoms with Crippen LogP contribution in [0.1, 0.15) is 0 Å². The van der Waals surface area contributed by atoms with Crippen molar-refractivity contribution in [2.45, 2.75) is 0 Å². The summed E-state index contributed by atoms with van der Waals surface area (Å²) >= 11 is 8.00. The molecule has 1 aromatic heterocycles. The number of nitrogens with zero attached hydrogens (tertiary/aromatic N) is 1. The summed E-state index contributed by atoms with van der Waals surface area (Å²) < 4.78 is 6.69. The predicted octanol–water partition coefficient (Wildman–Crippen LogP) is 2.12. The van der Waals surface area contributed by atoms with Crippen LogP contribution in [0.15, 0.2) is 24.5 Å². The first-order valence-electron chi connectivity index (χ1n) is 2.15. The van der Waals surface area contributed by atoms with Crippen LogP contribution >= 0.6 is 24.5 Å². The van der Waals surface area contributed by atoms with Gasteiger partial charge >= 0.3 is 0 Å². The normalized spacial score (nSPS) is 7.44. The summed E-state index contributed by atoms with van der Waals surface area (Å²) in [6.45, 7) is 0. The number of halogens is 1. The molecule has 1 N–H and O–H groups in total. The SMILES string of the molecule is Clc1cccnc1.OS. The van der Waals surface area contributed by atoms with E-state index in [4.69, 9.17) is 16.2 Å². The molecule has 9 heavy (non-hydrogen) atoms.